The van der Waals surface area contributed by atoms with E-state index in [-0.39, 0.29) is 5.41 Å². The Bertz CT molecular complexity index is 609. The van der Waals surface area contributed by atoms with Gasteiger partial charge in [0.25, 0.3) is 0 Å². The van der Waals surface area contributed by atoms with Gasteiger partial charge in [-0.1, -0.05) is 5.16 Å². The highest BCUT2D eigenvalue weighted by molar-refractivity contribution is 5.06. The van der Waals surface area contributed by atoms with Gasteiger partial charge in [-0.3, -0.25) is 4.90 Å². The van der Waals surface area contributed by atoms with Crippen LogP contribution in [0.5, 0.6) is 0 Å². The molecule has 0 aromatic carbocycles. The lowest BCUT2D eigenvalue weighted by atomic mass is 9.78. The third-order valence-electron chi connectivity index (χ3n) is 4.62. The molecule has 2 aliphatic rings. The second kappa shape index (κ2) is 4.96. The summed E-state index contributed by atoms with van der Waals surface area (Å²) in [5.74, 6) is 2.96. The average Bonchev–Trinajstić information content (AvgIpc) is 3.16. The third-order valence-corrected chi connectivity index (χ3v) is 4.62. The summed E-state index contributed by atoms with van der Waals surface area (Å²) in [4.78, 5) is 6.80. The molecule has 0 radical (unpaired) electrons. The summed E-state index contributed by atoms with van der Waals surface area (Å²) in [6.45, 7) is 6.32. The van der Waals surface area contributed by atoms with E-state index in [9.17, 15) is 0 Å². The van der Waals surface area contributed by atoms with Crippen LogP contribution in [0.25, 0.3) is 0 Å². The highest BCUT2D eigenvalue weighted by atomic mass is 16.5. The summed E-state index contributed by atoms with van der Waals surface area (Å²) in [6.07, 6.45) is 2.53. The second-order valence-electron chi connectivity index (χ2n) is 6.24. The van der Waals surface area contributed by atoms with E-state index in [2.05, 4.69) is 15.0 Å². The normalized spacial score (nSPS) is 29.1. The van der Waals surface area contributed by atoms with Gasteiger partial charge in [-0.2, -0.15) is 4.98 Å². The van der Waals surface area contributed by atoms with Crippen molar-refractivity contribution in [2.45, 2.75) is 19.9 Å². The van der Waals surface area contributed by atoms with E-state index < -0.39 is 0 Å². The Hall–Kier alpha value is -1.66. The molecule has 112 valence electrons. The number of aromatic nitrogens is 2. The fourth-order valence-electron chi connectivity index (χ4n) is 3.65. The van der Waals surface area contributed by atoms with Crippen LogP contribution in [0.1, 0.15) is 17.5 Å². The molecule has 0 saturated carbocycles. The highest BCUT2D eigenvalue weighted by Gasteiger charge is 2.51. The minimum atomic E-state index is 0.103. The molecule has 2 aromatic heterocycles. The predicted molar refractivity (Wildman–Crippen MR) is 73.5 cm³/mol. The van der Waals surface area contributed by atoms with Gasteiger partial charge in [0.1, 0.15) is 5.76 Å². The highest BCUT2D eigenvalue weighted by Crippen LogP contribution is 2.44. The zero-order valence-corrected chi connectivity index (χ0v) is 12.1. The summed E-state index contributed by atoms with van der Waals surface area (Å²) >= 11 is 0. The van der Waals surface area contributed by atoms with Crippen molar-refractivity contribution in [2.24, 2.45) is 11.3 Å². The number of hydrogen-bond donors (Lipinski definition) is 0. The first-order valence-corrected chi connectivity index (χ1v) is 7.35. The van der Waals surface area contributed by atoms with Crippen molar-refractivity contribution in [3.63, 3.8) is 0 Å². The number of aryl methyl sites for hydroxylation is 1. The second-order valence-corrected chi connectivity index (χ2v) is 6.24. The number of hydrogen-bond acceptors (Lipinski definition) is 6. The van der Waals surface area contributed by atoms with Crippen molar-refractivity contribution < 1.29 is 13.7 Å². The Balaban J connectivity index is 1.50. The zero-order valence-electron chi connectivity index (χ0n) is 12.1. The Morgan fingerprint density at radius 1 is 1.48 bits per heavy atom. The van der Waals surface area contributed by atoms with Crippen LogP contribution in [0.15, 0.2) is 27.3 Å². The maximum atomic E-state index is 5.74. The lowest BCUT2D eigenvalue weighted by Crippen LogP contribution is -2.33. The Morgan fingerprint density at radius 3 is 3.19 bits per heavy atom. The van der Waals surface area contributed by atoms with E-state index in [1.807, 2.05) is 19.1 Å². The predicted octanol–water partition coefficient (Wildman–Crippen LogP) is 1.66. The van der Waals surface area contributed by atoms with E-state index in [0.717, 1.165) is 50.9 Å². The molecule has 0 amide bonds. The van der Waals surface area contributed by atoms with Gasteiger partial charge in [-0.05, 0) is 19.1 Å². The molecule has 0 bridgehead atoms. The number of rotatable bonds is 4. The number of nitrogens with zero attached hydrogens (tertiary/aromatic N) is 3. The number of likely N-dealkylation sites (tertiary alicyclic amines) is 1. The standard InChI is InChI=1S/C15H19N3O3/c1-11-16-14(21-17-11)5-15-9-18(6-12(15)8-19-10-15)7-13-3-2-4-20-13/h2-4,12H,5-10H2,1H3/t12-,15+/m0/s1. The molecule has 0 spiro atoms. The summed E-state index contributed by atoms with van der Waals surface area (Å²) < 4.78 is 16.5. The van der Waals surface area contributed by atoms with Gasteiger partial charge in [0.15, 0.2) is 5.82 Å². The first-order valence-electron chi connectivity index (χ1n) is 7.35. The van der Waals surface area contributed by atoms with Crippen LogP contribution in [-0.4, -0.2) is 41.3 Å². The fraction of sp³-hybridized carbons (Fsp3) is 0.600. The first kappa shape index (κ1) is 13.0. The molecule has 2 saturated heterocycles. The van der Waals surface area contributed by atoms with E-state index in [4.69, 9.17) is 13.7 Å². The van der Waals surface area contributed by atoms with Crippen molar-refractivity contribution >= 4 is 0 Å². The largest absolute Gasteiger partial charge is 0.468 e. The van der Waals surface area contributed by atoms with Crippen LogP contribution < -0.4 is 0 Å². The smallest absolute Gasteiger partial charge is 0.227 e. The number of furan rings is 1. The molecular weight excluding hydrogens is 270 g/mol. The topological polar surface area (TPSA) is 64.5 Å². The van der Waals surface area contributed by atoms with Crippen molar-refractivity contribution in [1.82, 2.24) is 15.0 Å². The van der Waals surface area contributed by atoms with Gasteiger partial charge in [0, 0.05) is 30.8 Å². The molecule has 21 heavy (non-hydrogen) atoms. The molecule has 6 nitrogen and oxygen atoms in total. The van der Waals surface area contributed by atoms with Crippen LogP contribution in [0, 0.1) is 18.3 Å². The lowest BCUT2D eigenvalue weighted by Gasteiger charge is -2.25. The van der Waals surface area contributed by atoms with Gasteiger partial charge in [0.2, 0.25) is 5.89 Å². The monoisotopic (exact) mass is 289 g/mol. The molecule has 2 atom stereocenters. The summed E-state index contributed by atoms with van der Waals surface area (Å²) in [5, 5.41) is 3.89. The SMILES string of the molecule is Cc1noc(C[C@@]23COC[C@@H]2CN(Cc2ccco2)C3)n1. The molecule has 6 heteroatoms. The Labute approximate surface area is 123 Å². The lowest BCUT2D eigenvalue weighted by molar-refractivity contribution is 0.120. The molecule has 0 aliphatic carbocycles. The molecule has 4 heterocycles. The van der Waals surface area contributed by atoms with E-state index >= 15 is 0 Å². The maximum Gasteiger partial charge on any atom is 0.227 e. The average molecular weight is 289 g/mol. The molecule has 2 aromatic rings. The minimum Gasteiger partial charge on any atom is -0.468 e. The van der Waals surface area contributed by atoms with E-state index in [1.54, 1.807) is 6.26 Å². The summed E-state index contributed by atoms with van der Waals surface area (Å²) in [7, 11) is 0. The van der Waals surface area contributed by atoms with Crippen LogP contribution in [0.2, 0.25) is 0 Å². The van der Waals surface area contributed by atoms with Crippen molar-refractivity contribution in [1.29, 1.82) is 0 Å². The zero-order chi connectivity index (χ0) is 14.3. The van der Waals surface area contributed by atoms with Crippen molar-refractivity contribution in [3.05, 3.63) is 35.9 Å². The number of ether oxygens (including phenoxy) is 1. The first-order chi connectivity index (χ1) is 10.2. The molecule has 4 rings (SSSR count). The summed E-state index contributed by atoms with van der Waals surface area (Å²) in [6, 6.07) is 3.96. The van der Waals surface area contributed by atoms with Crippen LogP contribution in [-0.2, 0) is 17.7 Å². The van der Waals surface area contributed by atoms with Gasteiger partial charge in [0.05, 0.1) is 26.0 Å². The molecule has 0 N–H and O–H groups in total. The van der Waals surface area contributed by atoms with Gasteiger partial charge >= 0.3 is 0 Å². The Kier molecular flexibility index (Phi) is 3.08. The maximum absolute atomic E-state index is 5.74. The van der Waals surface area contributed by atoms with Crippen LogP contribution >= 0.6 is 0 Å². The minimum absolute atomic E-state index is 0.103. The quantitative estimate of drug-likeness (QED) is 0.853. The van der Waals surface area contributed by atoms with Crippen LogP contribution in [0.4, 0.5) is 0 Å². The van der Waals surface area contributed by atoms with Gasteiger partial charge < -0.3 is 13.7 Å². The summed E-state index contributed by atoms with van der Waals surface area (Å²) in [5.41, 5.74) is 0.103. The van der Waals surface area contributed by atoms with Crippen LogP contribution in [0.3, 0.4) is 0 Å². The van der Waals surface area contributed by atoms with Gasteiger partial charge in [-0.15, -0.1) is 0 Å². The molecule has 0 unspecified atom stereocenters. The fourth-order valence-corrected chi connectivity index (χ4v) is 3.65. The van der Waals surface area contributed by atoms with Gasteiger partial charge in [-0.25, -0.2) is 0 Å². The molecule has 2 fully saturated rings. The molecular formula is C15H19N3O3. The number of fused-ring (bicyclic) bond motifs is 1. The Morgan fingerprint density at radius 2 is 2.43 bits per heavy atom. The van der Waals surface area contributed by atoms with E-state index in [1.165, 1.54) is 0 Å². The molecule has 2 aliphatic heterocycles. The van der Waals surface area contributed by atoms with E-state index in [0.29, 0.717) is 11.7 Å². The van der Waals surface area contributed by atoms with Crippen molar-refractivity contribution in [2.75, 3.05) is 26.3 Å². The van der Waals surface area contributed by atoms with Crippen molar-refractivity contribution in [3.8, 4) is 0 Å². The third kappa shape index (κ3) is 2.38.